The number of hydrogen-bond donors (Lipinski definition) is 1. The molecule has 3 nitrogen and oxygen atoms in total. The van der Waals surface area contributed by atoms with Crippen molar-refractivity contribution in [3.8, 4) is 0 Å². The predicted octanol–water partition coefficient (Wildman–Crippen LogP) is 2.21. The molecule has 1 rings (SSSR count). The highest BCUT2D eigenvalue weighted by Crippen LogP contribution is 2.19. The van der Waals surface area contributed by atoms with Crippen LogP contribution in [0.4, 0.5) is 5.69 Å². The quantitative estimate of drug-likeness (QED) is 0.640. The van der Waals surface area contributed by atoms with E-state index in [1.807, 2.05) is 0 Å². The van der Waals surface area contributed by atoms with Gasteiger partial charge in [0.25, 0.3) is 0 Å². The lowest BCUT2D eigenvalue weighted by atomic mass is 10.2. The number of nitrogens with two attached hydrogens (primary N) is 1. The van der Waals surface area contributed by atoms with Gasteiger partial charge in [0.2, 0.25) is 0 Å². The maximum Gasteiger partial charge on any atom is 0.340 e. The molecule has 0 heterocycles. The van der Waals surface area contributed by atoms with Crippen LogP contribution in [0.1, 0.15) is 17.3 Å². The molecule has 0 spiro atoms. The molecule has 0 aliphatic heterocycles. The zero-order valence-electron chi connectivity index (χ0n) is 7.21. The van der Waals surface area contributed by atoms with E-state index in [1.54, 1.807) is 25.1 Å². The van der Waals surface area contributed by atoms with Crippen LogP contribution in [-0.2, 0) is 4.74 Å². The topological polar surface area (TPSA) is 52.3 Å². The summed E-state index contributed by atoms with van der Waals surface area (Å²) >= 11 is 3.25. The van der Waals surface area contributed by atoms with E-state index < -0.39 is 0 Å². The van der Waals surface area contributed by atoms with Gasteiger partial charge in [-0.25, -0.2) is 4.79 Å². The lowest BCUT2D eigenvalue weighted by Crippen LogP contribution is -2.07. The first-order chi connectivity index (χ1) is 6.15. The Bertz CT molecular complexity index is 325. The molecule has 0 aromatic heterocycles. The summed E-state index contributed by atoms with van der Waals surface area (Å²) in [6.45, 7) is 2.11. The molecule has 70 valence electrons. The van der Waals surface area contributed by atoms with Gasteiger partial charge in [0.05, 0.1) is 12.2 Å². The summed E-state index contributed by atoms with van der Waals surface area (Å²) in [5.41, 5.74) is 6.45. The largest absolute Gasteiger partial charge is 0.462 e. The van der Waals surface area contributed by atoms with Gasteiger partial charge in [-0.2, -0.15) is 0 Å². The number of anilines is 1. The van der Waals surface area contributed by atoms with Crippen LogP contribution in [0, 0.1) is 0 Å². The van der Waals surface area contributed by atoms with Gasteiger partial charge in [0, 0.05) is 10.2 Å². The van der Waals surface area contributed by atoms with Crippen molar-refractivity contribution in [2.75, 3.05) is 12.3 Å². The maximum atomic E-state index is 11.3. The van der Waals surface area contributed by atoms with Crippen molar-refractivity contribution in [3.05, 3.63) is 28.2 Å². The van der Waals surface area contributed by atoms with Gasteiger partial charge < -0.3 is 10.5 Å². The highest BCUT2D eigenvalue weighted by molar-refractivity contribution is 9.10. The first-order valence-corrected chi connectivity index (χ1v) is 4.66. The van der Waals surface area contributed by atoms with Gasteiger partial charge in [-0.15, -0.1) is 0 Å². The number of hydrogen-bond acceptors (Lipinski definition) is 3. The number of benzene rings is 1. The Morgan fingerprint density at radius 3 is 2.85 bits per heavy atom. The average Bonchev–Trinajstić information content (AvgIpc) is 2.04. The number of carbonyl (C=O) groups excluding carboxylic acids is 1. The molecule has 0 aliphatic carbocycles. The molecule has 0 unspecified atom stereocenters. The molecule has 0 saturated heterocycles. The SMILES string of the molecule is CCOC(=O)c1ccc(Br)cc1N. The van der Waals surface area contributed by atoms with Crippen molar-refractivity contribution in [1.29, 1.82) is 0 Å². The molecule has 0 saturated carbocycles. The van der Waals surface area contributed by atoms with Crippen LogP contribution >= 0.6 is 15.9 Å². The second-order valence-electron chi connectivity index (χ2n) is 2.45. The lowest BCUT2D eigenvalue weighted by molar-refractivity contribution is 0.0527. The van der Waals surface area contributed by atoms with E-state index in [4.69, 9.17) is 10.5 Å². The Hall–Kier alpha value is -1.03. The molecule has 4 heteroatoms. The van der Waals surface area contributed by atoms with E-state index >= 15 is 0 Å². The number of ether oxygens (including phenoxy) is 1. The fourth-order valence-corrected chi connectivity index (χ4v) is 1.31. The Morgan fingerprint density at radius 1 is 1.62 bits per heavy atom. The van der Waals surface area contributed by atoms with Crippen molar-refractivity contribution < 1.29 is 9.53 Å². The van der Waals surface area contributed by atoms with E-state index in [0.717, 1.165) is 4.47 Å². The molecule has 1 aromatic rings. The van der Waals surface area contributed by atoms with Crippen molar-refractivity contribution in [3.63, 3.8) is 0 Å². The van der Waals surface area contributed by atoms with Crippen LogP contribution in [-0.4, -0.2) is 12.6 Å². The van der Waals surface area contributed by atoms with Crippen LogP contribution < -0.4 is 5.73 Å². The molecule has 1 aromatic carbocycles. The summed E-state index contributed by atoms with van der Waals surface area (Å²) in [4.78, 5) is 11.3. The summed E-state index contributed by atoms with van der Waals surface area (Å²) in [5.74, 6) is -0.382. The van der Waals surface area contributed by atoms with Crippen LogP contribution in [0.3, 0.4) is 0 Å². The third kappa shape index (κ3) is 2.45. The van der Waals surface area contributed by atoms with Gasteiger partial charge in [0.1, 0.15) is 0 Å². The molecule has 0 bridgehead atoms. The van der Waals surface area contributed by atoms with E-state index in [2.05, 4.69) is 15.9 Å². The van der Waals surface area contributed by atoms with E-state index in [0.29, 0.717) is 17.9 Å². The normalized spacial score (nSPS) is 9.69. The summed E-state index contributed by atoms with van der Waals surface area (Å²) in [7, 11) is 0. The average molecular weight is 244 g/mol. The molecule has 0 aliphatic rings. The van der Waals surface area contributed by atoms with Crippen molar-refractivity contribution in [1.82, 2.24) is 0 Å². The highest BCUT2D eigenvalue weighted by atomic mass is 79.9. The Morgan fingerprint density at radius 2 is 2.31 bits per heavy atom. The third-order valence-electron chi connectivity index (χ3n) is 1.51. The molecule has 13 heavy (non-hydrogen) atoms. The fourth-order valence-electron chi connectivity index (χ4n) is 0.928. The van der Waals surface area contributed by atoms with Crippen LogP contribution in [0.25, 0.3) is 0 Å². The Kier molecular flexibility index (Phi) is 3.31. The van der Waals surface area contributed by atoms with Gasteiger partial charge in [-0.3, -0.25) is 0 Å². The minimum absolute atomic E-state index is 0.355. The van der Waals surface area contributed by atoms with Gasteiger partial charge in [0.15, 0.2) is 0 Å². The summed E-state index contributed by atoms with van der Waals surface area (Å²) in [6.07, 6.45) is 0. The summed E-state index contributed by atoms with van der Waals surface area (Å²) in [5, 5.41) is 0. The van der Waals surface area contributed by atoms with E-state index in [9.17, 15) is 4.79 Å². The van der Waals surface area contributed by atoms with E-state index in [-0.39, 0.29) is 5.97 Å². The fraction of sp³-hybridized carbons (Fsp3) is 0.222. The van der Waals surface area contributed by atoms with Crippen LogP contribution in [0.15, 0.2) is 22.7 Å². The van der Waals surface area contributed by atoms with Crippen molar-refractivity contribution in [2.45, 2.75) is 6.92 Å². The monoisotopic (exact) mass is 243 g/mol. The second kappa shape index (κ2) is 4.28. The van der Waals surface area contributed by atoms with Gasteiger partial charge in [-0.1, -0.05) is 15.9 Å². The molecule has 0 radical (unpaired) electrons. The molecular weight excluding hydrogens is 234 g/mol. The third-order valence-corrected chi connectivity index (χ3v) is 2.00. The number of esters is 1. The first kappa shape index (κ1) is 10.1. The summed E-state index contributed by atoms with van der Waals surface area (Å²) in [6, 6.07) is 5.06. The standard InChI is InChI=1S/C9H10BrNO2/c1-2-13-9(12)7-4-3-6(10)5-8(7)11/h3-5H,2,11H2,1H3. The number of rotatable bonds is 2. The van der Waals surface area contributed by atoms with E-state index in [1.165, 1.54) is 0 Å². The van der Waals surface area contributed by atoms with Crippen molar-refractivity contribution >= 4 is 27.6 Å². The molecule has 0 fully saturated rings. The van der Waals surface area contributed by atoms with Crippen LogP contribution in [0.2, 0.25) is 0 Å². The first-order valence-electron chi connectivity index (χ1n) is 3.87. The van der Waals surface area contributed by atoms with Crippen molar-refractivity contribution in [2.24, 2.45) is 0 Å². The Labute approximate surface area is 85.0 Å². The second-order valence-corrected chi connectivity index (χ2v) is 3.37. The van der Waals surface area contributed by atoms with Gasteiger partial charge >= 0.3 is 5.97 Å². The highest BCUT2D eigenvalue weighted by Gasteiger charge is 2.09. The van der Waals surface area contributed by atoms with Crippen LogP contribution in [0.5, 0.6) is 0 Å². The minimum atomic E-state index is -0.382. The minimum Gasteiger partial charge on any atom is -0.462 e. The summed E-state index contributed by atoms with van der Waals surface area (Å²) < 4.78 is 5.66. The predicted molar refractivity (Wildman–Crippen MR) is 54.5 cm³/mol. The number of carbonyl (C=O) groups is 1. The zero-order chi connectivity index (χ0) is 9.84. The Balaban J connectivity index is 2.95. The molecule has 2 N–H and O–H groups in total. The molecule has 0 atom stereocenters. The number of nitrogen functional groups attached to an aromatic ring is 1. The molecule has 0 amide bonds. The lowest BCUT2D eigenvalue weighted by Gasteiger charge is -2.04. The number of halogens is 1. The van der Waals surface area contributed by atoms with Gasteiger partial charge in [-0.05, 0) is 25.1 Å². The smallest absolute Gasteiger partial charge is 0.340 e. The maximum absolute atomic E-state index is 11.3. The zero-order valence-corrected chi connectivity index (χ0v) is 8.80. The molecular formula is C9H10BrNO2.